The molecule has 0 aromatic rings. The summed E-state index contributed by atoms with van der Waals surface area (Å²) in [5, 5.41) is 2.64. The van der Waals surface area contributed by atoms with Crippen LogP contribution >= 0.6 is 0 Å². The summed E-state index contributed by atoms with van der Waals surface area (Å²) in [6, 6.07) is 0. The molecule has 7 heteroatoms. The molecule has 0 fully saturated rings. The molecule has 96 valence electrons. The molecule has 0 saturated carbocycles. The molecular weight excluding hydrogens is 230 g/mol. The first-order valence-electron chi connectivity index (χ1n) is 5.37. The van der Waals surface area contributed by atoms with Gasteiger partial charge in [0.25, 0.3) is 0 Å². The predicted octanol–water partition coefficient (Wildman–Crippen LogP) is -0.829. The van der Waals surface area contributed by atoms with Gasteiger partial charge < -0.3 is 11.1 Å². The lowest BCUT2D eigenvalue weighted by molar-refractivity contribution is -0.121. The number of sulfonamides is 1. The van der Waals surface area contributed by atoms with Gasteiger partial charge in [-0.25, -0.2) is 13.1 Å². The quantitative estimate of drug-likeness (QED) is 0.466. The molecule has 0 rings (SSSR count). The summed E-state index contributed by atoms with van der Waals surface area (Å²) < 4.78 is 23.7. The largest absolute Gasteiger partial charge is 0.355 e. The molecule has 1 amide bonds. The van der Waals surface area contributed by atoms with Crippen molar-refractivity contribution in [3.05, 3.63) is 0 Å². The van der Waals surface area contributed by atoms with E-state index in [1.54, 1.807) is 0 Å². The number of carbonyl (C=O) groups excluding carboxylic acids is 1. The highest BCUT2D eigenvalue weighted by molar-refractivity contribution is 7.88. The van der Waals surface area contributed by atoms with Crippen LogP contribution < -0.4 is 15.8 Å². The van der Waals surface area contributed by atoms with Crippen molar-refractivity contribution in [2.24, 2.45) is 5.73 Å². The second-order valence-corrected chi connectivity index (χ2v) is 5.45. The summed E-state index contributed by atoms with van der Waals surface area (Å²) in [4.78, 5) is 11.2. The number of unbranched alkanes of at least 4 members (excludes halogenated alkanes) is 2. The summed E-state index contributed by atoms with van der Waals surface area (Å²) in [6.07, 6.45) is 4.26. The Kier molecular flexibility index (Phi) is 8.14. The van der Waals surface area contributed by atoms with Crippen LogP contribution in [-0.4, -0.2) is 40.2 Å². The smallest absolute Gasteiger partial charge is 0.220 e. The lowest BCUT2D eigenvalue weighted by Crippen LogP contribution is -2.34. The van der Waals surface area contributed by atoms with Crippen LogP contribution in [0.3, 0.4) is 0 Å². The Hall–Kier alpha value is -0.660. The van der Waals surface area contributed by atoms with Crippen LogP contribution in [-0.2, 0) is 14.8 Å². The van der Waals surface area contributed by atoms with Crippen molar-refractivity contribution in [3.8, 4) is 0 Å². The molecule has 0 aliphatic carbocycles. The van der Waals surface area contributed by atoms with Gasteiger partial charge >= 0.3 is 0 Å². The Morgan fingerprint density at radius 3 is 2.44 bits per heavy atom. The fourth-order valence-electron chi connectivity index (χ4n) is 1.13. The highest BCUT2D eigenvalue weighted by Gasteiger charge is 2.02. The molecular formula is C9H21N3O3S. The fourth-order valence-corrected chi connectivity index (χ4v) is 1.61. The first kappa shape index (κ1) is 15.3. The van der Waals surface area contributed by atoms with Gasteiger partial charge in [-0.1, -0.05) is 6.42 Å². The zero-order valence-corrected chi connectivity index (χ0v) is 10.5. The van der Waals surface area contributed by atoms with E-state index in [2.05, 4.69) is 10.0 Å². The molecule has 0 aromatic carbocycles. The van der Waals surface area contributed by atoms with E-state index in [4.69, 9.17) is 5.73 Å². The van der Waals surface area contributed by atoms with E-state index in [9.17, 15) is 13.2 Å². The molecule has 4 N–H and O–H groups in total. The van der Waals surface area contributed by atoms with Crippen LogP contribution in [0.4, 0.5) is 0 Å². The maximum absolute atomic E-state index is 11.2. The van der Waals surface area contributed by atoms with E-state index in [1.807, 2.05) is 0 Å². The normalized spacial score (nSPS) is 11.4. The Morgan fingerprint density at radius 1 is 1.19 bits per heavy atom. The number of amides is 1. The second kappa shape index (κ2) is 8.49. The van der Waals surface area contributed by atoms with E-state index < -0.39 is 10.0 Å². The van der Waals surface area contributed by atoms with Gasteiger partial charge in [0.1, 0.15) is 0 Å². The average Bonchev–Trinajstić information content (AvgIpc) is 2.18. The number of carbonyl (C=O) groups is 1. The maximum Gasteiger partial charge on any atom is 0.220 e. The van der Waals surface area contributed by atoms with Crippen molar-refractivity contribution < 1.29 is 13.2 Å². The average molecular weight is 251 g/mol. The van der Waals surface area contributed by atoms with Crippen LogP contribution in [0.5, 0.6) is 0 Å². The third-order valence-electron chi connectivity index (χ3n) is 1.92. The molecule has 0 atom stereocenters. The maximum atomic E-state index is 11.2. The highest BCUT2D eigenvalue weighted by atomic mass is 32.2. The van der Waals surface area contributed by atoms with Gasteiger partial charge in [-0.15, -0.1) is 0 Å². The van der Waals surface area contributed by atoms with Gasteiger partial charge in [-0.05, 0) is 19.4 Å². The van der Waals surface area contributed by atoms with Crippen LogP contribution in [0.25, 0.3) is 0 Å². The summed E-state index contributed by atoms with van der Waals surface area (Å²) in [5.74, 6) is -0.0488. The monoisotopic (exact) mass is 251 g/mol. The van der Waals surface area contributed by atoms with E-state index >= 15 is 0 Å². The molecule has 0 heterocycles. The van der Waals surface area contributed by atoms with Crippen molar-refractivity contribution >= 4 is 15.9 Å². The van der Waals surface area contributed by atoms with Crippen molar-refractivity contribution in [2.45, 2.75) is 25.7 Å². The highest BCUT2D eigenvalue weighted by Crippen LogP contribution is 1.97. The first-order chi connectivity index (χ1) is 7.45. The van der Waals surface area contributed by atoms with Gasteiger partial charge in [0, 0.05) is 19.5 Å². The van der Waals surface area contributed by atoms with Gasteiger partial charge in [-0.3, -0.25) is 4.79 Å². The lowest BCUT2D eigenvalue weighted by Gasteiger charge is -2.05. The molecule has 0 aromatic heterocycles. The minimum Gasteiger partial charge on any atom is -0.355 e. The van der Waals surface area contributed by atoms with Crippen molar-refractivity contribution in [3.63, 3.8) is 0 Å². The third kappa shape index (κ3) is 11.4. The molecule has 0 bridgehead atoms. The van der Waals surface area contributed by atoms with E-state index in [0.29, 0.717) is 19.5 Å². The van der Waals surface area contributed by atoms with Crippen LogP contribution in [0.2, 0.25) is 0 Å². The molecule has 6 nitrogen and oxygen atoms in total. The van der Waals surface area contributed by atoms with Gasteiger partial charge in [0.2, 0.25) is 15.9 Å². The fraction of sp³-hybridized carbons (Fsp3) is 0.889. The Morgan fingerprint density at radius 2 is 1.88 bits per heavy atom. The third-order valence-corrected chi connectivity index (χ3v) is 2.65. The molecule has 0 unspecified atom stereocenters. The molecule has 0 aliphatic rings. The molecule has 0 saturated heterocycles. The number of nitrogens with two attached hydrogens (primary N) is 1. The molecule has 0 radical (unpaired) electrons. The number of hydrogen-bond donors (Lipinski definition) is 3. The number of nitrogens with one attached hydrogen (secondary N) is 2. The topological polar surface area (TPSA) is 101 Å². The SMILES string of the molecule is CS(=O)(=O)NCCNC(=O)CCCCCN. The summed E-state index contributed by atoms with van der Waals surface area (Å²) >= 11 is 0. The number of hydrogen-bond acceptors (Lipinski definition) is 4. The van der Waals surface area contributed by atoms with Gasteiger partial charge in [0.15, 0.2) is 0 Å². The summed E-state index contributed by atoms with van der Waals surface area (Å²) in [7, 11) is -3.16. The minimum atomic E-state index is -3.16. The van der Waals surface area contributed by atoms with E-state index in [0.717, 1.165) is 25.5 Å². The Labute approximate surface area is 97.0 Å². The Bertz CT molecular complexity index is 290. The zero-order valence-electron chi connectivity index (χ0n) is 9.66. The van der Waals surface area contributed by atoms with Crippen LogP contribution in [0.1, 0.15) is 25.7 Å². The summed E-state index contributed by atoms with van der Waals surface area (Å²) in [6.45, 7) is 1.20. The Balaban J connectivity index is 3.37. The standard InChI is InChI=1S/C9H21N3O3S/c1-16(14,15)12-8-7-11-9(13)5-3-2-4-6-10/h12H,2-8,10H2,1H3,(H,11,13). The van der Waals surface area contributed by atoms with E-state index in [1.165, 1.54) is 0 Å². The molecule has 0 spiro atoms. The second-order valence-electron chi connectivity index (χ2n) is 3.62. The molecule has 0 aliphatic heterocycles. The first-order valence-corrected chi connectivity index (χ1v) is 7.26. The lowest BCUT2D eigenvalue weighted by atomic mass is 10.2. The zero-order chi connectivity index (χ0) is 12.4. The molecule has 16 heavy (non-hydrogen) atoms. The van der Waals surface area contributed by atoms with Crippen LogP contribution in [0.15, 0.2) is 0 Å². The minimum absolute atomic E-state index is 0.0488. The van der Waals surface area contributed by atoms with Crippen molar-refractivity contribution in [2.75, 3.05) is 25.9 Å². The van der Waals surface area contributed by atoms with E-state index in [-0.39, 0.29) is 12.5 Å². The van der Waals surface area contributed by atoms with Crippen molar-refractivity contribution in [1.29, 1.82) is 0 Å². The predicted molar refractivity (Wildman–Crippen MR) is 63.4 cm³/mol. The number of rotatable bonds is 9. The van der Waals surface area contributed by atoms with Crippen molar-refractivity contribution in [1.82, 2.24) is 10.0 Å². The summed E-state index contributed by atoms with van der Waals surface area (Å²) in [5.41, 5.74) is 5.32. The van der Waals surface area contributed by atoms with Gasteiger partial charge in [0.05, 0.1) is 6.26 Å². The van der Waals surface area contributed by atoms with Gasteiger partial charge in [-0.2, -0.15) is 0 Å². The van der Waals surface area contributed by atoms with Crippen LogP contribution in [0, 0.1) is 0 Å².